The van der Waals surface area contributed by atoms with Crippen LogP contribution in [-0.4, -0.2) is 27.0 Å². The van der Waals surface area contributed by atoms with E-state index < -0.39 is 26.6 Å². The van der Waals surface area contributed by atoms with Crippen molar-refractivity contribution in [1.82, 2.24) is 4.72 Å². The summed E-state index contributed by atoms with van der Waals surface area (Å²) in [5, 5.41) is 2.69. The fourth-order valence-corrected chi connectivity index (χ4v) is 4.25. The second kappa shape index (κ2) is 9.19. The molecule has 0 radical (unpaired) electrons. The van der Waals surface area contributed by atoms with Crippen LogP contribution >= 0.6 is 0 Å². The lowest BCUT2D eigenvalue weighted by Crippen LogP contribution is -2.25. The third-order valence-corrected chi connectivity index (χ3v) is 6.04. The van der Waals surface area contributed by atoms with Crippen LogP contribution in [0.3, 0.4) is 0 Å². The molecule has 0 atom stereocenters. The Morgan fingerprint density at radius 2 is 1.97 bits per heavy atom. The topological polar surface area (TPSA) is 84.5 Å². The number of hydrogen-bond acceptors (Lipinski definition) is 4. The highest BCUT2D eigenvalue weighted by atomic mass is 32.2. The predicted molar refractivity (Wildman–Crippen MR) is 109 cm³/mol. The molecule has 6 nitrogen and oxygen atoms in total. The normalized spacial score (nSPS) is 14.5. The average Bonchev–Trinajstić information content (AvgIpc) is 3.20. The van der Waals surface area contributed by atoms with Crippen LogP contribution in [0.1, 0.15) is 36.0 Å². The van der Waals surface area contributed by atoms with Crippen molar-refractivity contribution in [2.24, 2.45) is 0 Å². The van der Waals surface area contributed by atoms with Crippen LogP contribution < -0.4 is 14.8 Å². The molecule has 0 aromatic heterocycles. The number of halogens is 1. The van der Waals surface area contributed by atoms with Crippen molar-refractivity contribution in [2.75, 3.05) is 11.9 Å². The van der Waals surface area contributed by atoms with Gasteiger partial charge in [0.1, 0.15) is 16.5 Å². The lowest BCUT2D eigenvalue weighted by Gasteiger charge is -2.14. The number of ether oxygens (including phenoxy) is 1. The maximum atomic E-state index is 14.0. The van der Waals surface area contributed by atoms with E-state index in [1.807, 2.05) is 6.07 Å². The quantitative estimate of drug-likeness (QED) is 0.638. The van der Waals surface area contributed by atoms with E-state index in [2.05, 4.69) is 16.6 Å². The number of rotatable bonds is 8. The molecule has 0 unspecified atom stereocenters. The van der Waals surface area contributed by atoms with Crippen molar-refractivity contribution in [3.8, 4) is 5.75 Å². The summed E-state index contributed by atoms with van der Waals surface area (Å²) in [5.74, 6) is -0.834. The van der Waals surface area contributed by atoms with Gasteiger partial charge in [-0.2, -0.15) is 0 Å². The molecule has 1 fully saturated rings. The highest BCUT2D eigenvalue weighted by Gasteiger charge is 2.21. The molecule has 1 saturated carbocycles. The van der Waals surface area contributed by atoms with Gasteiger partial charge in [0.2, 0.25) is 10.0 Å². The van der Waals surface area contributed by atoms with Gasteiger partial charge in [0.05, 0.1) is 6.10 Å². The van der Waals surface area contributed by atoms with Gasteiger partial charge in [-0.05, 0) is 56.0 Å². The molecule has 1 amide bonds. The van der Waals surface area contributed by atoms with Crippen LogP contribution in [0.5, 0.6) is 5.75 Å². The summed E-state index contributed by atoms with van der Waals surface area (Å²) in [5.41, 5.74) is 0.525. The van der Waals surface area contributed by atoms with Crippen LogP contribution in [-0.2, 0) is 10.0 Å². The van der Waals surface area contributed by atoms with Crippen LogP contribution in [0.4, 0.5) is 10.1 Å². The molecule has 0 aliphatic heterocycles. The molecule has 29 heavy (non-hydrogen) atoms. The molecule has 1 aliphatic carbocycles. The number of anilines is 1. The molecule has 0 bridgehead atoms. The van der Waals surface area contributed by atoms with Gasteiger partial charge in [-0.3, -0.25) is 4.79 Å². The minimum absolute atomic E-state index is 0.0208. The minimum atomic E-state index is -4.10. The molecule has 1 aliphatic rings. The maximum absolute atomic E-state index is 14.0. The Hall–Kier alpha value is -2.71. The second-order valence-corrected chi connectivity index (χ2v) is 8.53. The first-order valence-electron chi connectivity index (χ1n) is 9.37. The first-order valence-corrected chi connectivity index (χ1v) is 10.9. The zero-order valence-electron chi connectivity index (χ0n) is 15.9. The van der Waals surface area contributed by atoms with Crippen molar-refractivity contribution in [3.63, 3.8) is 0 Å². The number of benzene rings is 2. The molecule has 8 heteroatoms. The van der Waals surface area contributed by atoms with Gasteiger partial charge in [0, 0.05) is 23.9 Å². The summed E-state index contributed by atoms with van der Waals surface area (Å²) in [7, 11) is -4.10. The summed E-state index contributed by atoms with van der Waals surface area (Å²) in [6.45, 7) is 3.37. The van der Waals surface area contributed by atoms with E-state index in [9.17, 15) is 17.6 Å². The molecule has 3 rings (SSSR count). The van der Waals surface area contributed by atoms with Gasteiger partial charge in [-0.25, -0.2) is 17.5 Å². The summed E-state index contributed by atoms with van der Waals surface area (Å²) in [6.07, 6.45) is 5.87. The third-order valence-electron chi connectivity index (χ3n) is 4.60. The van der Waals surface area contributed by atoms with Gasteiger partial charge in [-0.15, -0.1) is 6.58 Å². The van der Waals surface area contributed by atoms with Gasteiger partial charge < -0.3 is 10.1 Å². The lowest BCUT2D eigenvalue weighted by molar-refractivity contribution is 0.102. The summed E-state index contributed by atoms with van der Waals surface area (Å²) in [6, 6.07) is 10.2. The van der Waals surface area contributed by atoms with Crippen molar-refractivity contribution < 1.29 is 22.3 Å². The van der Waals surface area contributed by atoms with E-state index in [0.29, 0.717) is 11.4 Å². The monoisotopic (exact) mass is 418 g/mol. The van der Waals surface area contributed by atoms with Gasteiger partial charge in [0.15, 0.2) is 0 Å². The van der Waals surface area contributed by atoms with Crippen molar-refractivity contribution in [1.29, 1.82) is 0 Å². The Morgan fingerprint density at radius 3 is 2.69 bits per heavy atom. The van der Waals surface area contributed by atoms with Crippen LogP contribution in [0.2, 0.25) is 0 Å². The Labute approximate surface area is 169 Å². The molecule has 154 valence electrons. The molecule has 2 N–H and O–H groups in total. The molecule has 0 saturated heterocycles. The Morgan fingerprint density at radius 1 is 1.21 bits per heavy atom. The number of sulfonamides is 1. The smallest absolute Gasteiger partial charge is 0.255 e. The van der Waals surface area contributed by atoms with Gasteiger partial charge in [-0.1, -0.05) is 12.1 Å². The first kappa shape index (κ1) is 21.0. The fraction of sp³-hybridized carbons (Fsp3) is 0.286. The van der Waals surface area contributed by atoms with E-state index >= 15 is 0 Å². The molecule has 2 aromatic carbocycles. The van der Waals surface area contributed by atoms with Gasteiger partial charge in [0.25, 0.3) is 5.91 Å². The molecule has 0 spiro atoms. The van der Waals surface area contributed by atoms with Crippen LogP contribution in [0, 0.1) is 5.82 Å². The molecular weight excluding hydrogens is 395 g/mol. The maximum Gasteiger partial charge on any atom is 0.255 e. The van der Waals surface area contributed by atoms with E-state index in [1.54, 1.807) is 18.2 Å². The highest BCUT2D eigenvalue weighted by molar-refractivity contribution is 7.89. The number of nitrogens with one attached hydrogen (secondary N) is 2. The summed E-state index contributed by atoms with van der Waals surface area (Å²) >= 11 is 0. The minimum Gasteiger partial charge on any atom is -0.490 e. The Kier molecular flexibility index (Phi) is 6.66. The second-order valence-electron chi connectivity index (χ2n) is 6.79. The number of carbonyl (C=O) groups excluding carboxylic acids is 1. The predicted octanol–water partition coefficient (Wildman–Crippen LogP) is 3.86. The van der Waals surface area contributed by atoms with Crippen molar-refractivity contribution >= 4 is 21.6 Å². The van der Waals surface area contributed by atoms with Crippen molar-refractivity contribution in [3.05, 3.63) is 66.5 Å². The third kappa shape index (κ3) is 5.42. The Bertz CT molecular complexity index is 1000. The standard InChI is InChI=1S/C21H23FN2O4S/c1-2-12-23-29(26,27)20-13-15(10-11-19(20)22)21(25)24-16-6-5-9-18(14-16)28-17-7-3-4-8-17/h2,5-6,9-11,13-14,17,23H,1,3-4,7-8,12H2,(H,24,25). The highest BCUT2D eigenvalue weighted by Crippen LogP contribution is 2.26. The van der Waals surface area contributed by atoms with E-state index in [0.717, 1.165) is 37.8 Å². The SMILES string of the molecule is C=CCNS(=O)(=O)c1cc(C(=O)Nc2cccc(OC3CCCC3)c2)ccc1F. The van der Waals surface area contributed by atoms with Crippen LogP contribution in [0.15, 0.2) is 60.0 Å². The first-order chi connectivity index (χ1) is 13.9. The van der Waals surface area contributed by atoms with Crippen molar-refractivity contribution in [2.45, 2.75) is 36.7 Å². The van der Waals surface area contributed by atoms with E-state index in [1.165, 1.54) is 12.1 Å². The Balaban J connectivity index is 1.75. The van der Waals surface area contributed by atoms with Gasteiger partial charge >= 0.3 is 0 Å². The zero-order valence-corrected chi connectivity index (χ0v) is 16.7. The molecule has 2 aromatic rings. The van der Waals surface area contributed by atoms with E-state index in [-0.39, 0.29) is 18.2 Å². The van der Waals surface area contributed by atoms with E-state index in [4.69, 9.17) is 4.74 Å². The lowest BCUT2D eigenvalue weighted by atomic mass is 10.2. The summed E-state index contributed by atoms with van der Waals surface area (Å²) < 4.78 is 46.6. The number of carbonyl (C=O) groups is 1. The zero-order chi connectivity index (χ0) is 20.9. The van der Waals surface area contributed by atoms with Crippen LogP contribution in [0.25, 0.3) is 0 Å². The fourth-order valence-electron chi connectivity index (χ4n) is 3.15. The largest absolute Gasteiger partial charge is 0.490 e. The summed E-state index contributed by atoms with van der Waals surface area (Å²) in [4.78, 5) is 12.0. The number of hydrogen-bond donors (Lipinski definition) is 2. The molecular formula is C21H23FN2O4S. The average molecular weight is 418 g/mol. The number of amides is 1. The molecule has 0 heterocycles.